The molecule has 1 aromatic rings. The largest absolute Gasteiger partial charge is 0.393 e. The van der Waals surface area contributed by atoms with Crippen molar-refractivity contribution in [2.24, 2.45) is 0 Å². The van der Waals surface area contributed by atoms with Crippen molar-refractivity contribution in [1.82, 2.24) is 4.90 Å². The summed E-state index contributed by atoms with van der Waals surface area (Å²) in [7, 11) is -2.66. The first-order chi connectivity index (χ1) is 9.23. The second-order valence-corrected chi connectivity index (χ2v) is 6.74. The van der Waals surface area contributed by atoms with Gasteiger partial charge in [-0.15, -0.1) is 0 Å². The van der Waals surface area contributed by atoms with Crippen LogP contribution in [0.2, 0.25) is 0 Å². The van der Waals surface area contributed by atoms with E-state index in [9.17, 15) is 22.3 Å². The van der Waals surface area contributed by atoms with E-state index in [1.165, 1.54) is 24.3 Å². The molecule has 0 amide bonds. The molecule has 0 aliphatic heterocycles. The molecule has 0 aromatic heterocycles. The van der Waals surface area contributed by atoms with E-state index in [0.29, 0.717) is 19.5 Å². The fourth-order valence-electron chi connectivity index (χ4n) is 1.69. The van der Waals surface area contributed by atoms with Gasteiger partial charge in [-0.2, -0.15) is 8.78 Å². The fraction of sp³-hybridized carbons (Fsp3) is 0.538. The number of hydrogen-bond acceptors (Lipinski definition) is 4. The highest BCUT2D eigenvalue weighted by molar-refractivity contribution is 7.91. The van der Waals surface area contributed by atoms with E-state index >= 15 is 0 Å². The first kappa shape index (κ1) is 17.0. The number of hydrogen-bond donors (Lipinski definition) is 1. The Hall–Kier alpha value is -1.05. The van der Waals surface area contributed by atoms with Crippen LogP contribution in [0.5, 0.6) is 0 Å². The topological polar surface area (TPSA) is 57.6 Å². The molecule has 0 bridgehead atoms. The lowest BCUT2D eigenvalue weighted by Crippen LogP contribution is -2.22. The molecule has 114 valence electrons. The van der Waals surface area contributed by atoms with Crippen LogP contribution in [0.25, 0.3) is 0 Å². The van der Waals surface area contributed by atoms with Crippen LogP contribution in [0.3, 0.4) is 0 Å². The van der Waals surface area contributed by atoms with Crippen LogP contribution in [0.4, 0.5) is 8.78 Å². The highest BCUT2D eigenvalue weighted by Crippen LogP contribution is 2.19. The van der Waals surface area contributed by atoms with E-state index in [0.717, 1.165) is 5.56 Å². The first-order valence-corrected chi connectivity index (χ1v) is 7.75. The Morgan fingerprint density at radius 2 is 1.80 bits per heavy atom. The maximum absolute atomic E-state index is 12.4. The van der Waals surface area contributed by atoms with Crippen LogP contribution in [0.15, 0.2) is 29.2 Å². The molecule has 0 saturated carbocycles. The summed E-state index contributed by atoms with van der Waals surface area (Å²) in [6.07, 6.45) is 0.255. The summed E-state index contributed by atoms with van der Waals surface area (Å²) in [6.45, 7) is 2.95. The Morgan fingerprint density at radius 1 is 1.25 bits per heavy atom. The number of sulfone groups is 1. The number of benzene rings is 1. The smallest absolute Gasteiger partial charge is 0.341 e. The van der Waals surface area contributed by atoms with Gasteiger partial charge in [0.05, 0.1) is 11.0 Å². The van der Waals surface area contributed by atoms with E-state index in [1.807, 2.05) is 11.9 Å². The molecule has 1 atom stereocenters. The van der Waals surface area contributed by atoms with Gasteiger partial charge in [-0.1, -0.05) is 12.1 Å². The summed E-state index contributed by atoms with van der Waals surface area (Å²) < 4.78 is 47.2. The third-order valence-electron chi connectivity index (χ3n) is 2.87. The van der Waals surface area contributed by atoms with E-state index in [4.69, 9.17) is 0 Å². The Kier molecular flexibility index (Phi) is 6.04. The molecule has 1 aromatic carbocycles. The maximum atomic E-state index is 12.4. The third kappa shape index (κ3) is 4.81. The van der Waals surface area contributed by atoms with Crippen molar-refractivity contribution < 1.29 is 22.3 Å². The quantitative estimate of drug-likeness (QED) is 0.836. The van der Waals surface area contributed by atoms with Crippen molar-refractivity contribution in [2.75, 3.05) is 13.6 Å². The molecule has 0 saturated heterocycles. The van der Waals surface area contributed by atoms with Gasteiger partial charge in [-0.05, 0) is 38.1 Å². The van der Waals surface area contributed by atoms with Crippen LogP contribution < -0.4 is 0 Å². The molecule has 7 heteroatoms. The summed E-state index contributed by atoms with van der Waals surface area (Å²) in [6, 6.07) is 5.43. The van der Waals surface area contributed by atoms with Gasteiger partial charge in [-0.25, -0.2) is 8.42 Å². The molecule has 0 heterocycles. The van der Waals surface area contributed by atoms with Crippen molar-refractivity contribution in [1.29, 1.82) is 0 Å². The Morgan fingerprint density at radius 3 is 2.25 bits per heavy atom. The number of alkyl halides is 2. The third-order valence-corrected chi connectivity index (χ3v) is 4.27. The molecular weight excluding hydrogens is 288 g/mol. The van der Waals surface area contributed by atoms with Gasteiger partial charge in [0.25, 0.3) is 0 Å². The molecule has 0 aliphatic carbocycles. The zero-order chi connectivity index (χ0) is 15.3. The molecule has 1 unspecified atom stereocenters. The van der Waals surface area contributed by atoms with Crippen LogP contribution >= 0.6 is 0 Å². The molecule has 0 radical (unpaired) electrons. The van der Waals surface area contributed by atoms with Crippen LogP contribution in [0.1, 0.15) is 18.9 Å². The van der Waals surface area contributed by atoms with Crippen molar-refractivity contribution >= 4 is 9.84 Å². The lowest BCUT2D eigenvalue weighted by Gasteiger charge is -2.17. The van der Waals surface area contributed by atoms with E-state index < -0.39 is 15.6 Å². The highest BCUT2D eigenvalue weighted by Gasteiger charge is 2.26. The minimum Gasteiger partial charge on any atom is -0.393 e. The second-order valence-electron chi connectivity index (χ2n) is 4.83. The van der Waals surface area contributed by atoms with E-state index in [-0.39, 0.29) is 11.0 Å². The number of aliphatic hydroxyl groups excluding tert-OH is 1. The van der Waals surface area contributed by atoms with Gasteiger partial charge < -0.3 is 10.0 Å². The summed E-state index contributed by atoms with van der Waals surface area (Å²) >= 11 is 0. The van der Waals surface area contributed by atoms with Gasteiger partial charge in [0, 0.05) is 13.1 Å². The average Bonchev–Trinajstić information content (AvgIpc) is 2.37. The molecule has 0 fully saturated rings. The van der Waals surface area contributed by atoms with E-state index in [1.54, 1.807) is 6.92 Å². The van der Waals surface area contributed by atoms with E-state index in [2.05, 4.69) is 0 Å². The molecular formula is C13H19F2NO3S. The monoisotopic (exact) mass is 307 g/mol. The number of halogens is 2. The summed E-state index contributed by atoms with van der Waals surface area (Å²) in [5, 5.41) is 9.18. The average molecular weight is 307 g/mol. The van der Waals surface area contributed by atoms with Crippen molar-refractivity contribution in [2.45, 2.75) is 36.6 Å². The molecule has 0 spiro atoms. The Labute approximate surface area is 117 Å². The zero-order valence-corrected chi connectivity index (χ0v) is 12.3. The minimum absolute atomic E-state index is 0.372. The Bertz CT molecular complexity index is 515. The molecule has 1 N–H and O–H groups in total. The minimum atomic E-state index is -4.52. The molecule has 4 nitrogen and oxygen atoms in total. The lowest BCUT2D eigenvalue weighted by molar-refractivity contribution is 0.163. The standard InChI is InChI=1S/C13H19F2NO3S/c1-10(17)7-8-16(2)9-11-3-5-12(6-4-11)20(18,19)13(14)15/h3-6,10,13,17H,7-9H2,1-2H3. The highest BCUT2D eigenvalue weighted by atomic mass is 32.2. The number of nitrogens with zero attached hydrogens (tertiary/aromatic N) is 1. The van der Waals surface area contributed by atoms with Gasteiger partial charge in [-0.3, -0.25) is 0 Å². The molecule has 1 rings (SSSR count). The second kappa shape index (κ2) is 7.10. The first-order valence-electron chi connectivity index (χ1n) is 6.21. The Balaban J connectivity index is 2.68. The van der Waals surface area contributed by atoms with Crippen molar-refractivity contribution in [3.63, 3.8) is 0 Å². The SMILES string of the molecule is CC(O)CCN(C)Cc1ccc(S(=O)(=O)C(F)F)cc1. The molecule has 0 aliphatic rings. The lowest BCUT2D eigenvalue weighted by atomic mass is 10.2. The normalized spacial score (nSPS) is 13.9. The van der Waals surface area contributed by atoms with Crippen LogP contribution in [0, 0.1) is 0 Å². The van der Waals surface area contributed by atoms with Crippen molar-refractivity contribution in [3.8, 4) is 0 Å². The predicted molar refractivity (Wildman–Crippen MR) is 72.3 cm³/mol. The fourth-order valence-corrected chi connectivity index (χ4v) is 2.41. The van der Waals surface area contributed by atoms with Gasteiger partial charge in [0.1, 0.15) is 0 Å². The zero-order valence-electron chi connectivity index (χ0n) is 11.5. The van der Waals surface area contributed by atoms with Gasteiger partial charge in [0.15, 0.2) is 0 Å². The predicted octanol–water partition coefficient (Wildman–Crippen LogP) is 1.89. The van der Waals surface area contributed by atoms with Crippen molar-refractivity contribution in [3.05, 3.63) is 29.8 Å². The number of rotatable bonds is 7. The van der Waals surface area contributed by atoms with Gasteiger partial charge in [0.2, 0.25) is 9.84 Å². The van der Waals surface area contributed by atoms with Crippen LogP contribution in [-0.4, -0.2) is 43.9 Å². The maximum Gasteiger partial charge on any atom is 0.341 e. The van der Waals surface area contributed by atoms with Gasteiger partial charge >= 0.3 is 5.76 Å². The summed E-state index contributed by atoms with van der Waals surface area (Å²) in [4.78, 5) is 1.59. The summed E-state index contributed by atoms with van der Waals surface area (Å²) in [5.74, 6) is -3.40. The summed E-state index contributed by atoms with van der Waals surface area (Å²) in [5.41, 5.74) is 0.825. The molecule has 20 heavy (non-hydrogen) atoms. The van der Waals surface area contributed by atoms with Crippen LogP contribution in [-0.2, 0) is 16.4 Å². The number of aliphatic hydroxyl groups is 1.